The van der Waals surface area contributed by atoms with E-state index in [4.69, 9.17) is 4.74 Å². The summed E-state index contributed by atoms with van der Waals surface area (Å²) in [6.45, 7) is 1.61. The first-order chi connectivity index (χ1) is 13.7. The number of fused-ring (bicyclic) bond motifs is 1. The van der Waals surface area contributed by atoms with Crippen molar-refractivity contribution in [1.82, 2.24) is 4.57 Å². The van der Waals surface area contributed by atoms with E-state index in [1.165, 1.54) is 17.7 Å². The summed E-state index contributed by atoms with van der Waals surface area (Å²) in [6, 6.07) is 11.6. The zero-order valence-electron chi connectivity index (χ0n) is 15.8. The number of halogens is 3. The maximum absolute atomic E-state index is 13.0. The predicted molar refractivity (Wildman–Crippen MR) is 103 cm³/mol. The number of para-hydroxylation sites is 1. The number of hydrogen-bond acceptors (Lipinski definition) is 3. The third-order valence-corrected chi connectivity index (χ3v) is 4.53. The van der Waals surface area contributed by atoms with Gasteiger partial charge in [-0.25, -0.2) is 0 Å². The van der Waals surface area contributed by atoms with Crippen molar-refractivity contribution in [2.45, 2.75) is 26.1 Å². The number of nitrogens with zero attached hydrogens (tertiary/aromatic N) is 1. The number of carbonyl (C=O) groups excluding carboxylic acids is 2. The maximum atomic E-state index is 13.0. The van der Waals surface area contributed by atoms with E-state index < -0.39 is 23.4 Å². The Balaban J connectivity index is 1.98. The van der Waals surface area contributed by atoms with Crippen molar-refractivity contribution in [2.75, 3.05) is 12.4 Å². The molecule has 0 fully saturated rings. The van der Waals surface area contributed by atoms with Gasteiger partial charge in [-0.15, -0.1) is 0 Å². The van der Waals surface area contributed by atoms with Crippen LogP contribution < -0.4 is 10.1 Å². The lowest BCUT2D eigenvalue weighted by Gasteiger charge is -2.10. The van der Waals surface area contributed by atoms with Gasteiger partial charge in [0.2, 0.25) is 5.91 Å². The molecule has 3 aromatic rings. The molecule has 0 unspecified atom stereocenters. The minimum atomic E-state index is -5.00. The molecule has 0 atom stereocenters. The topological polar surface area (TPSA) is 60.3 Å². The van der Waals surface area contributed by atoms with Crippen molar-refractivity contribution in [3.05, 3.63) is 59.8 Å². The molecule has 0 bridgehead atoms. The first kappa shape index (κ1) is 20.4. The summed E-state index contributed by atoms with van der Waals surface area (Å²) in [6.07, 6.45) is -3.35. The molecule has 0 spiro atoms. The highest BCUT2D eigenvalue weighted by Crippen LogP contribution is 2.30. The van der Waals surface area contributed by atoms with Crippen LogP contribution in [0.25, 0.3) is 10.9 Å². The molecule has 152 valence electrons. The first-order valence-electron chi connectivity index (χ1n) is 8.90. The van der Waals surface area contributed by atoms with Gasteiger partial charge in [-0.3, -0.25) is 9.59 Å². The quantitative estimate of drug-likeness (QED) is 0.611. The Labute approximate surface area is 165 Å². The maximum Gasteiger partial charge on any atom is 0.454 e. The molecule has 3 rings (SSSR count). The largest absolute Gasteiger partial charge is 0.497 e. The average Bonchev–Trinajstić information content (AvgIpc) is 3.05. The standard InChI is InChI=1S/C21H19F3N2O3/c1-3-13-6-4-9-16-17(20(28)21(22,23)24)11-26(19(13)16)12-18(27)25-14-7-5-8-15(10-14)29-2/h4-11H,3,12H2,1-2H3,(H,25,27). The minimum absolute atomic E-state index is 0.181. The lowest BCUT2D eigenvalue weighted by atomic mass is 10.0. The summed E-state index contributed by atoms with van der Waals surface area (Å²) < 4.78 is 45.6. The van der Waals surface area contributed by atoms with Crippen LogP contribution in [0, 0.1) is 0 Å². The van der Waals surface area contributed by atoms with Gasteiger partial charge in [0.25, 0.3) is 5.78 Å². The van der Waals surface area contributed by atoms with E-state index in [9.17, 15) is 22.8 Å². The van der Waals surface area contributed by atoms with E-state index >= 15 is 0 Å². The Morgan fingerprint density at radius 3 is 2.52 bits per heavy atom. The molecule has 1 amide bonds. The summed E-state index contributed by atoms with van der Waals surface area (Å²) in [5.74, 6) is -1.81. The molecule has 8 heteroatoms. The Hall–Kier alpha value is -3.29. The number of alkyl halides is 3. The first-order valence-corrected chi connectivity index (χ1v) is 8.90. The van der Waals surface area contributed by atoms with Gasteiger partial charge in [-0.05, 0) is 24.1 Å². The molecule has 0 saturated carbocycles. The monoisotopic (exact) mass is 404 g/mol. The van der Waals surface area contributed by atoms with E-state index in [2.05, 4.69) is 5.32 Å². The van der Waals surface area contributed by atoms with Gasteiger partial charge in [0.05, 0.1) is 18.2 Å². The molecule has 0 saturated heterocycles. The lowest BCUT2D eigenvalue weighted by molar-refractivity contribution is -0.116. The van der Waals surface area contributed by atoms with E-state index in [1.54, 1.807) is 36.4 Å². The van der Waals surface area contributed by atoms with Gasteiger partial charge in [-0.2, -0.15) is 13.2 Å². The fraction of sp³-hybridized carbons (Fsp3) is 0.238. The number of carbonyl (C=O) groups is 2. The highest BCUT2D eigenvalue weighted by molar-refractivity contribution is 6.11. The summed E-state index contributed by atoms with van der Waals surface area (Å²) in [5, 5.41) is 2.87. The van der Waals surface area contributed by atoms with Gasteiger partial charge >= 0.3 is 6.18 Å². The Bertz CT molecular complexity index is 1070. The number of nitrogens with one attached hydrogen (secondary N) is 1. The normalized spacial score (nSPS) is 11.5. The van der Waals surface area contributed by atoms with Gasteiger partial charge in [-0.1, -0.05) is 31.2 Å². The Morgan fingerprint density at radius 1 is 1.14 bits per heavy atom. The van der Waals surface area contributed by atoms with Crippen molar-refractivity contribution in [1.29, 1.82) is 0 Å². The average molecular weight is 404 g/mol. The molecule has 1 heterocycles. The molecular formula is C21H19F3N2O3. The van der Waals surface area contributed by atoms with Crippen molar-refractivity contribution >= 4 is 28.3 Å². The molecule has 0 aliphatic rings. The van der Waals surface area contributed by atoms with E-state index in [0.717, 1.165) is 11.8 Å². The minimum Gasteiger partial charge on any atom is -0.497 e. The number of aryl methyl sites for hydroxylation is 1. The van der Waals surface area contributed by atoms with Crippen LogP contribution in [0.2, 0.25) is 0 Å². The highest BCUT2D eigenvalue weighted by Gasteiger charge is 2.41. The fourth-order valence-corrected chi connectivity index (χ4v) is 3.24. The molecule has 0 aliphatic carbocycles. The number of methoxy groups -OCH3 is 1. The van der Waals surface area contributed by atoms with Crippen LogP contribution >= 0.6 is 0 Å². The number of benzene rings is 2. The summed E-state index contributed by atoms with van der Waals surface area (Å²) in [4.78, 5) is 24.4. The Morgan fingerprint density at radius 2 is 1.86 bits per heavy atom. The van der Waals surface area contributed by atoms with E-state index in [1.807, 2.05) is 6.92 Å². The van der Waals surface area contributed by atoms with Crippen molar-refractivity contribution < 1.29 is 27.5 Å². The molecule has 0 radical (unpaired) electrons. The molecule has 0 aliphatic heterocycles. The van der Waals surface area contributed by atoms with Crippen LogP contribution in [0.3, 0.4) is 0 Å². The zero-order chi connectivity index (χ0) is 21.2. The van der Waals surface area contributed by atoms with Crippen molar-refractivity contribution in [3.8, 4) is 5.75 Å². The van der Waals surface area contributed by atoms with Gasteiger partial charge in [0.15, 0.2) is 0 Å². The van der Waals surface area contributed by atoms with E-state index in [-0.39, 0.29) is 11.9 Å². The molecule has 1 N–H and O–H groups in total. The second-order valence-electron chi connectivity index (χ2n) is 6.44. The summed E-state index contributed by atoms with van der Waals surface area (Å²) in [5.41, 5.74) is 1.23. The summed E-state index contributed by atoms with van der Waals surface area (Å²) in [7, 11) is 1.50. The van der Waals surface area contributed by atoms with Crippen LogP contribution in [-0.4, -0.2) is 29.5 Å². The van der Waals surface area contributed by atoms with Crippen LogP contribution in [0.4, 0.5) is 18.9 Å². The van der Waals surface area contributed by atoms with Crippen molar-refractivity contribution in [3.63, 3.8) is 0 Å². The number of anilines is 1. The number of ether oxygens (including phenoxy) is 1. The van der Waals surface area contributed by atoms with Crippen LogP contribution in [0.15, 0.2) is 48.7 Å². The van der Waals surface area contributed by atoms with Crippen LogP contribution in [0.5, 0.6) is 5.75 Å². The number of ketones is 1. The molecule has 1 aromatic heterocycles. The third-order valence-electron chi connectivity index (χ3n) is 4.53. The summed E-state index contributed by atoms with van der Waals surface area (Å²) >= 11 is 0. The fourth-order valence-electron chi connectivity index (χ4n) is 3.24. The number of rotatable bonds is 6. The molecule has 5 nitrogen and oxygen atoms in total. The number of amides is 1. The zero-order valence-corrected chi connectivity index (χ0v) is 15.8. The number of Topliss-reactive ketones (excluding diaryl/α,β-unsaturated/α-hetero) is 1. The molecule has 29 heavy (non-hydrogen) atoms. The van der Waals surface area contributed by atoms with Gasteiger partial charge < -0.3 is 14.6 Å². The third kappa shape index (κ3) is 4.26. The second kappa shape index (κ2) is 7.98. The SMILES string of the molecule is CCc1cccc2c(C(=O)C(F)(F)F)cn(CC(=O)Nc3cccc(OC)c3)c12. The second-order valence-corrected chi connectivity index (χ2v) is 6.44. The smallest absolute Gasteiger partial charge is 0.454 e. The number of aromatic nitrogens is 1. The molecular weight excluding hydrogens is 385 g/mol. The molecule has 2 aromatic carbocycles. The number of hydrogen-bond donors (Lipinski definition) is 1. The van der Waals surface area contributed by atoms with Crippen LogP contribution in [-0.2, 0) is 17.8 Å². The van der Waals surface area contributed by atoms with Crippen LogP contribution in [0.1, 0.15) is 22.8 Å². The predicted octanol–water partition coefficient (Wildman–Crippen LogP) is 4.60. The van der Waals surface area contributed by atoms with Gasteiger partial charge in [0, 0.05) is 23.3 Å². The Kier molecular flexibility index (Phi) is 5.63. The van der Waals surface area contributed by atoms with E-state index in [0.29, 0.717) is 23.4 Å². The van der Waals surface area contributed by atoms with Crippen molar-refractivity contribution in [2.24, 2.45) is 0 Å². The lowest BCUT2D eigenvalue weighted by Crippen LogP contribution is -2.22. The van der Waals surface area contributed by atoms with Gasteiger partial charge in [0.1, 0.15) is 12.3 Å². The highest BCUT2D eigenvalue weighted by atomic mass is 19.4.